The quantitative estimate of drug-likeness (QED) is 0.743. The van der Waals surface area contributed by atoms with E-state index in [1.807, 2.05) is 13.8 Å². The molecule has 1 aromatic rings. The van der Waals surface area contributed by atoms with Gasteiger partial charge in [-0.15, -0.1) is 0 Å². The third-order valence-corrected chi connectivity index (χ3v) is 4.02. The highest BCUT2D eigenvalue weighted by atomic mass is 79.9. The van der Waals surface area contributed by atoms with Crippen molar-refractivity contribution in [2.45, 2.75) is 27.2 Å². The first-order chi connectivity index (χ1) is 6.54. The third-order valence-electron chi connectivity index (χ3n) is 2.51. The lowest BCUT2D eigenvalue weighted by Crippen LogP contribution is -1.99. The van der Waals surface area contributed by atoms with Crippen molar-refractivity contribution in [2.75, 3.05) is 0 Å². The fourth-order valence-electron chi connectivity index (χ4n) is 1.68. The Balaban J connectivity index is 3.63. The molecule has 0 fully saturated rings. The van der Waals surface area contributed by atoms with Crippen LogP contribution in [0.2, 0.25) is 5.02 Å². The Kier molecular flexibility index (Phi) is 3.73. The molecule has 1 nitrogen and oxygen atoms in total. The first-order valence-corrected chi connectivity index (χ1v) is 5.63. The van der Waals surface area contributed by atoms with Crippen molar-refractivity contribution in [2.24, 2.45) is 0 Å². The Bertz CT molecular complexity index is 356. The third kappa shape index (κ3) is 1.73. The van der Waals surface area contributed by atoms with Gasteiger partial charge < -0.3 is 0 Å². The number of rotatable bonds is 2. The number of halogens is 2. The summed E-state index contributed by atoms with van der Waals surface area (Å²) in [5.41, 5.74) is 3.89. The summed E-state index contributed by atoms with van der Waals surface area (Å²) < 4.78 is 0.819. The second-order valence-electron chi connectivity index (χ2n) is 3.24. The first kappa shape index (κ1) is 11.7. The highest BCUT2D eigenvalue weighted by Crippen LogP contribution is 2.33. The van der Waals surface area contributed by atoms with E-state index in [1.165, 1.54) is 5.56 Å². The summed E-state index contributed by atoms with van der Waals surface area (Å²) in [6, 6.07) is 0. The standard InChI is InChI=1S/C11H12BrClO/c1-4-8-6(2)10(12)9(5-14)11(13)7(8)3/h5H,4H2,1-3H3. The second kappa shape index (κ2) is 4.45. The summed E-state index contributed by atoms with van der Waals surface area (Å²) in [6.45, 7) is 6.03. The second-order valence-corrected chi connectivity index (χ2v) is 4.41. The van der Waals surface area contributed by atoms with E-state index < -0.39 is 0 Å². The van der Waals surface area contributed by atoms with E-state index in [2.05, 4.69) is 22.9 Å². The molecule has 0 aliphatic rings. The van der Waals surface area contributed by atoms with Crippen LogP contribution in [0.4, 0.5) is 0 Å². The van der Waals surface area contributed by atoms with Crippen molar-refractivity contribution in [1.82, 2.24) is 0 Å². The molecule has 76 valence electrons. The van der Waals surface area contributed by atoms with Crippen LogP contribution in [0.3, 0.4) is 0 Å². The van der Waals surface area contributed by atoms with Gasteiger partial charge in [0.2, 0.25) is 0 Å². The van der Waals surface area contributed by atoms with E-state index in [1.54, 1.807) is 0 Å². The van der Waals surface area contributed by atoms with Gasteiger partial charge in [-0.25, -0.2) is 0 Å². The molecule has 14 heavy (non-hydrogen) atoms. The van der Waals surface area contributed by atoms with Gasteiger partial charge in [-0.2, -0.15) is 0 Å². The molecule has 0 amide bonds. The summed E-state index contributed by atoms with van der Waals surface area (Å²) in [6.07, 6.45) is 1.72. The normalized spacial score (nSPS) is 10.4. The summed E-state index contributed by atoms with van der Waals surface area (Å²) in [4.78, 5) is 10.8. The van der Waals surface area contributed by atoms with Crippen molar-refractivity contribution < 1.29 is 4.79 Å². The monoisotopic (exact) mass is 274 g/mol. The van der Waals surface area contributed by atoms with Gasteiger partial charge in [0.05, 0.1) is 5.02 Å². The van der Waals surface area contributed by atoms with Gasteiger partial charge in [0, 0.05) is 10.0 Å². The summed E-state index contributed by atoms with van der Waals surface area (Å²) in [7, 11) is 0. The Labute approximate surface area is 97.6 Å². The molecule has 0 unspecified atom stereocenters. The number of carbonyl (C=O) groups is 1. The van der Waals surface area contributed by atoms with Gasteiger partial charge in [-0.1, -0.05) is 18.5 Å². The minimum atomic E-state index is 0.555. The predicted octanol–water partition coefficient (Wildman–Crippen LogP) is 4.09. The van der Waals surface area contributed by atoms with Gasteiger partial charge in [-0.3, -0.25) is 4.79 Å². The molecule has 0 aromatic heterocycles. The molecule has 0 bridgehead atoms. The fraction of sp³-hybridized carbons (Fsp3) is 0.364. The first-order valence-electron chi connectivity index (χ1n) is 4.46. The van der Waals surface area contributed by atoms with Crippen LogP contribution in [0.25, 0.3) is 0 Å². The maximum Gasteiger partial charge on any atom is 0.152 e. The van der Waals surface area contributed by atoms with E-state index in [4.69, 9.17) is 11.6 Å². The van der Waals surface area contributed by atoms with Gasteiger partial charge in [0.1, 0.15) is 0 Å². The van der Waals surface area contributed by atoms with Gasteiger partial charge >= 0.3 is 0 Å². The van der Waals surface area contributed by atoms with Crippen LogP contribution in [0.5, 0.6) is 0 Å². The van der Waals surface area contributed by atoms with Crippen LogP contribution in [-0.2, 0) is 6.42 Å². The number of carbonyl (C=O) groups excluding carboxylic acids is 1. The zero-order valence-corrected chi connectivity index (χ0v) is 10.8. The molecule has 0 spiro atoms. The average molecular weight is 276 g/mol. The van der Waals surface area contributed by atoms with Crippen molar-refractivity contribution in [3.05, 3.63) is 31.7 Å². The lowest BCUT2D eigenvalue weighted by Gasteiger charge is -2.14. The minimum absolute atomic E-state index is 0.555. The molecule has 0 heterocycles. The van der Waals surface area contributed by atoms with Crippen LogP contribution in [0, 0.1) is 13.8 Å². The number of hydrogen-bond acceptors (Lipinski definition) is 1. The Morgan fingerprint density at radius 1 is 1.36 bits per heavy atom. The lowest BCUT2D eigenvalue weighted by molar-refractivity contribution is 0.112. The van der Waals surface area contributed by atoms with Crippen LogP contribution < -0.4 is 0 Å². The summed E-state index contributed by atoms with van der Waals surface area (Å²) >= 11 is 9.49. The van der Waals surface area contributed by atoms with Gasteiger partial charge in [0.15, 0.2) is 6.29 Å². The molecule has 0 N–H and O–H groups in total. The van der Waals surface area contributed by atoms with E-state index in [9.17, 15) is 4.79 Å². The highest BCUT2D eigenvalue weighted by molar-refractivity contribution is 9.10. The minimum Gasteiger partial charge on any atom is -0.298 e. The maximum absolute atomic E-state index is 10.8. The van der Waals surface area contributed by atoms with Crippen molar-refractivity contribution >= 4 is 33.8 Å². The largest absolute Gasteiger partial charge is 0.298 e. The fourth-order valence-corrected chi connectivity index (χ4v) is 2.58. The van der Waals surface area contributed by atoms with Crippen LogP contribution in [0.15, 0.2) is 4.47 Å². The van der Waals surface area contributed by atoms with Crippen LogP contribution >= 0.6 is 27.5 Å². The molecular weight excluding hydrogens is 263 g/mol. The SMILES string of the molecule is CCc1c(C)c(Cl)c(C=O)c(Br)c1C. The zero-order valence-electron chi connectivity index (χ0n) is 8.45. The van der Waals surface area contributed by atoms with Crippen molar-refractivity contribution in [3.63, 3.8) is 0 Å². The molecule has 0 radical (unpaired) electrons. The van der Waals surface area contributed by atoms with E-state index in [-0.39, 0.29) is 0 Å². The number of benzene rings is 1. The predicted molar refractivity (Wildman–Crippen MR) is 63.4 cm³/mol. The Morgan fingerprint density at radius 2 is 1.93 bits per heavy atom. The molecule has 1 rings (SSSR count). The molecule has 0 aliphatic carbocycles. The summed E-state index contributed by atoms with van der Waals surface area (Å²) in [5, 5.41) is 0.564. The highest BCUT2D eigenvalue weighted by Gasteiger charge is 2.15. The van der Waals surface area contributed by atoms with Crippen LogP contribution in [-0.4, -0.2) is 6.29 Å². The zero-order chi connectivity index (χ0) is 10.9. The molecule has 0 saturated carbocycles. The topological polar surface area (TPSA) is 17.1 Å². The lowest BCUT2D eigenvalue weighted by atomic mass is 9.98. The molecule has 0 aliphatic heterocycles. The van der Waals surface area contributed by atoms with Crippen molar-refractivity contribution in [3.8, 4) is 0 Å². The molecule has 0 atom stereocenters. The average Bonchev–Trinajstić information content (AvgIpc) is 2.17. The maximum atomic E-state index is 10.8. The molecule has 1 aromatic carbocycles. The number of aldehydes is 1. The molecular formula is C11H12BrClO. The molecule has 0 saturated heterocycles. The summed E-state index contributed by atoms with van der Waals surface area (Å²) in [5.74, 6) is 0. The Morgan fingerprint density at radius 3 is 2.36 bits per heavy atom. The smallest absolute Gasteiger partial charge is 0.152 e. The molecule has 3 heteroatoms. The van der Waals surface area contributed by atoms with E-state index in [0.29, 0.717) is 10.6 Å². The Hall–Kier alpha value is -0.340. The van der Waals surface area contributed by atoms with Crippen molar-refractivity contribution in [1.29, 1.82) is 0 Å². The van der Waals surface area contributed by atoms with Crippen LogP contribution in [0.1, 0.15) is 34.0 Å². The van der Waals surface area contributed by atoms with E-state index in [0.717, 1.165) is 28.3 Å². The van der Waals surface area contributed by atoms with Gasteiger partial charge in [0.25, 0.3) is 0 Å². The van der Waals surface area contributed by atoms with E-state index >= 15 is 0 Å². The number of hydrogen-bond donors (Lipinski definition) is 0. The van der Waals surface area contributed by atoms with Gasteiger partial charge in [-0.05, 0) is 52.9 Å².